The average molecular weight is 405 g/mol. The van der Waals surface area contributed by atoms with Gasteiger partial charge in [-0.2, -0.15) is 0 Å². The highest BCUT2D eigenvalue weighted by atomic mass is 79.9. The van der Waals surface area contributed by atoms with Crippen molar-refractivity contribution in [2.45, 2.75) is 44.0 Å². The van der Waals surface area contributed by atoms with E-state index in [0.29, 0.717) is 13.0 Å². The van der Waals surface area contributed by atoms with E-state index in [-0.39, 0.29) is 18.2 Å². The van der Waals surface area contributed by atoms with Crippen molar-refractivity contribution in [3.05, 3.63) is 15.0 Å². The Morgan fingerprint density at radius 3 is 2.74 bits per heavy atom. The van der Waals surface area contributed by atoms with Gasteiger partial charge in [0.15, 0.2) is 0 Å². The Kier molecular flexibility index (Phi) is 4.57. The summed E-state index contributed by atoms with van der Waals surface area (Å²) in [6, 6.07) is 0. The van der Waals surface area contributed by atoms with Gasteiger partial charge in [0.05, 0.1) is 12.2 Å². The van der Waals surface area contributed by atoms with Gasteiger partial charge in [-0.05, 0) is 36.7 Å². The summed E-state index contributed by atoms with van der Waals surface area (Å²) in [5, 5.41) is 5.98. The maximum Gasteiger partial charge on any atom is 0.332 e. The van der Waals surface area contributed by atoms with Crippen LogP contribution in [0.5, 0.6) is 0 Å². The smallest absolute Gasteiger partial charge is 0.332 e. The van der Waals surface area contributed by atoms with Crippen LogP contribution in [0.3, 0.4) is 0 Å². The summed E-state index contributed by atoms with van der Waals surface area (Å²) in [6.45, 7) is 7.41. The van der Waals surface area contributed by atoms with Gasteiger partial charge in [-0.3, -0.25) is 0 Å². The van der Waals surface area contributed by atoms with E-state index >= 15 is 0 Å². The highest BCUT2D eigenvalue weighted by Gasteiger charge is 2.56. The molecule has 1 aromatic heterocycles. The number of nitrogens with one attached hydrogen (secondary N) is 1. The second-order valence-electron chi connectivity index (χ2n) is 7.10. The van der Waals surface area contributed by atoms with Crippen molar-refractivity contribution in [1.82, 2.24) is 10.3 Å². The first kappa shape index (κ1) is 17.3. The summed E-state index contributed by atoms with van der Waals surface area (Å²) in [6.07, 6.45) is 0.690. The molecular formula is C15H21BrN2O4S. The predicted octanol–water partition coefficient (Wildman–Crippen LogP) is 2.22. The molecule has 1 N–H and O–H groups in total. The van der Waals surface area contributed by atoms with Crippen LogP contribution in [-0.2, 0) is 24.6 Å². The van der Waals surface area contributed by atoms with Crippen LogP contribution in [0.1, 0.15) is 32.2 Å². The molecule has 1 atom stereocenters. The zero-order valence-electron chi connectivity index (χ0n) is 13.5. The molecule has 0 aromatic carbocycles. The lowest BCUT2D eigenvalue weighted by Gasteiger charge is -2.39. The molecule has 0 radical (unpaired) electrons. The van der Waals surface area contributed by atoms with Gasteiger partial charge in [0, 0.05) is 24.9 Å². The second-order valence-corrected chi connectivity index (χ2v) is 8.77. The molecule has 0 aliphatic carbocycles. The number of thiazole rings is 1. The Balaban J connectivity index is 1.73. The third-order valence-corrected chi connectivity index (χ3v) is 5.60. The molecule has 1 unspecified atom stereocenters. The maximum atomic E-state index is 12.0. The Morgan fingerprint density at radius 2 is 2.26 bits per heavy atom. The number of rotatable bonds is 4. The fourth-order valence-corrected chi connectivity index (χ4v) is 4.24. The van der Waals surface area contributed by atoms with E-state index in [0.717, 1.165) is 22.7 Å². The zero-order chi connectivity index (χ0) is 16.7. The van der Waals surface area contributed by atoms with E-state index in [1.165, 1.54) is 11.3 Å². The number of aromatic nitrogens is 1. The van der Waals surface area contributed by atoms with Crippen molar-refractivity contribution in [2.24, 2.45) is 0 Å². The molecule has 0 saturated carbocycles. The summed E-state index contributed by atoms with van der Waals surface area (Å²) < 4.78 is 18.1. The van der Waals surface area contributed by atoms with Crippen molar-refractivity contribution < 1.29 is 19.0 Å². The lowest BCUT2D eigenvalue weighted by Crippen LogP contribution is -2.59. The normalized spacial score (nSPS) is 26.3. The molecule has 8 heteroatoms. The number of hydrogen-bond donors (Lipinski definition) is 1. The quantitative estimate of drug-likeness (QED) is 0.775. The maximum absolute atomic E-state index is 12.0. The van der Waals surface area contributed by atoms with Crippen LogP contribution in [0.15, 0.2) is 9.98 Å². The molecule has 0 bridgehead atoms. The molecular weight excluding hydrogens is 384 g/mol. The summed E-state index contributed by atoms with van der Waals surface area (Å²) in [7, 11) is 0. The van der Waals surface area contributed by atoms with Crippen molar-refractivity contribution in [3.63, 3.8) is 0 Å². The monoisotopic (exact) mass is 404 g/mol. The second kappa shape index (κ2) is 6.07. The van der Waals surface area contributed by atoms with Crippen molar-refractivity contribution >= 4 is 33.2 Å². The number of nitrogens with zero attached hydrogens (tertiary/aromatic N) is 1. The van der Waals surface area contributed by atoms with Crippen LogP contribution in [-0.4, -0.2) is 48.5 Å². The lowest BCUT2D eigenvalue weighted by atomic mass is 9.86. The van der Waals surface area contributed by atoms with Crippen molar-refractivity contribution in [1.29, 1.82) is 0 Å². The van der Waals surface area contributed by atoms with Crippen molar-refractivity contribution in [2.75, 3.05) is 26.3 Å². The van der Waals surface area contributed by atoms with E-state index in [2.05, 4.69) is 26.2 Å². The van der Waals surface area contributed by atoms with Crippen LogP contribution in [0.2, 0.25) is 0 Å². The van der Waals surface area contributed by atoms with Crippen LogP contribution in [0.4, 0.5) is 0 Å². The largest absolute Gasteiger partial charge is 0.458 e. The first-order valence-corrected chi connectivity index (χ1v) is 9.21. The minimum Gasteiger partial charge on any atom is -0.458 e. The Hall–Kier alpha value is -0.540. The summed E-state index contributed by atoms with van der Waals surface area (Å²) in [5.74, 6) is -0.375. The molecule has 23 heavy (non-hydrogen) atoms. The number of esters is 1. The first-order chi connectivity index (χ1) is 10.7. The fourth-order valence-electron chi connectivity index (χ4n) is 2.85. The topological polar surface area (TPSA) is 69.7 Å². The molecule has 3 heterocycles. The Labute approximate surface area is 148 Å². The number of halogens is 1. The Morgan fingerprint density at radius 1 is 1.52 bits per heavy atom. The minimum atomic E-state index is -0.685. The number of carbonyl (C=O) groups excluding carboxylic acids is 1. The molecule has 2 aliphatic heterocycles. The molecule has 2 aliphatic rings. The minimum absolute atomic E-state index is 0.110. The van der Waals surface area contributed by atoms with Crippen LogP contribution >= 0.6 is 27.3 Å². The van der Waals surface area contributed by atoms with Gasteiger partial charge < -0.3 is 19.5 Å². The number of carbonyl (C=O) groups is 1. The van der Waals surface area contributed by atoms with Crippen LogP contribution in [0, 0.1) is 0 Å². The average Bonchev–Trinajstić information content (AvgIpc) is 2.99. The first-order valence-electron chi connectivity index (χ1n) is 7.54. The molecule has 1 aromatic rings. The van der Waals surface area contributed by atoms with Crippen LogP contribution in [0.25, 0.3) is 0 Å². The summed E-state index contributed by atoms with van der Waals surface area (Å²) in [5.41, 5.74) is -1.41. The highest BCUT2D eigenvalue weighted by Crippen LogP contribution is 2.45. The molecule has 3 rings (SSSR count). The molecule has 1 spiro atoms. The third-order valence-electron chi connectivity index (χ3n) is 3.87. The van der Waals surface area contributed by atoms with Crippen LogP contribution < -0.4 is 5.32 Å². The standard InChI is InChI=1S/C15H21BrN2O4S/c1-13(2,3)22-11(19)4-20-15(12-18-10(16)5-23-12)6-14(21-9-15)7-17-8-14/h5,17H,4,6-9H2,1-3H3. The number of ether oxygens (including phenoxy) is 3. The van der Waals surface area contributed by atoms with Gasteiger partial charge >= 0.3 is 5.97 Å². The molecule has 0 amide bonds. The summed E-state index contributed by atoms with van der Waals surface area (Å²) >= 11 is 4.89. The van der Waals surface area contributed by atoms with E-state index in [1.807, 2.05) is 26.2 Å². The van der Waals surface area contributed by atoms with Crippen molar-refractivity contribution in [3.8, 4) is 0 Å². The van der Waals surface area contributed by atoms with E-state index < -0.39 is 11.2 Å². The fraction of sp³-hybridized carbons (Fsp3) is 0.733. The molecule has 2 saturated heterocycles. The predicted molar refractivity (Wildman–Crippen MR) is 89.5 cm³/mol. The molecule has 2 fully saturated rings. The Bertz CT molecular complexity index is 597. The van der Waals surface area contributed by atoms with Gasteiger partial charge in [-0.1, -0.05) is 0 Å². The SMILES string of the molecule is CC(C)(C)OC(=O)COC1(c2nc(Br)cs2)COC2(CNC2)C1. The molecule has 6 nitrogen and oxygen atoms in total. The van der Waals surface area contributed by atoms with E-state index in [1.54, 1.807) is 0 Å². The van der Waals surface area contributed by atoms with Gasteiger partial charge in [0.25, 0.3) is 0 Å². The lowest BCUT2D eigenvalue weighted by molar-refractivity contribution is -0.168. The van der Waals surface area contributed by atoms with Gasteiger partial charge in [0.1, 0.15) is 27.4 Å². The number of hydrogen-bond acceptors (Lipinski definition) is 7. The van der Waals surface area contributed by atoms with E-state index in [9.17, 15) is 4.79 Å². The summed E-state index contributed by atoms with van der Waals surface area (Å²) in [4.78, 5) is 16.5. The third kappa shape index (κ3) is 3.76. The zero-order valence-corrected chi connectivity index (χ0v) is 15.9. The molecule has 128 valence electrons. The van der Waals surface area contributed by atoms with E-state index in [4.69, 9.17) is 14.2 Å². The highest BCUT2D eigenvalue weighted by molar-refractivity contribution is 9.10. The van der Waals surface area contributed by atoms with Gasteiger partial charge in [0.2, 0.25) is 0 Å². The van der Waals surface area contributed by atoms with Gasteiger partial charge in [-0.25, -0.2) is 9.78 Å². The van der Waals surface area contributed by atoms with Gasteiger partial charge in [-0.15, -0.1) is 11.3 Å².